The van der Waals surface area contributed by atoms with Gasteiger partial charge in [0, 0.05) is 0 Å². The van der Waals surface area contributed by atoms with E-state index in [0.717, 1.165) is 0 Å². The molecule has 0 unspecified atom stereocenters. The SMILES string of the molecule is Cc1ccc([I-][P+](C(C)(C)C)(C(C)(C)C)C(C)(C)C)c(C)c1. The van der Waals surface area contributed by atoms with Crippen molar-refractivity contribution in [3.8, 4) is 0 Å². The van der Waals surface area contributed by atoms with Crippen molar-refractivity contribution >= 4 is 4.90 Å². The van der Waals surface area contributed by atoms with Crippen LogP contribution in [0.5, 0.6) is 0 Å². The molecule has 0 saturated carbocycles. The molecule has 1 aromatic carbocycles. The summed E-state index contributed by atoms with van der Waals surface area (Å²) in [7, 11) is 0. The Morgan fingerprint density at radius 3 is 1.45 bits per heavy atom. The third-order valence-electron chi connectivity index (χ3n) is 4.30. The van der Waals surface area contributed by atoms with Crippen LogP contribution in [0.25, 0.3) is 0 Å². The van der Waals surface area contributed by atoms with Gasteiger partial charge in [-0.25, -0.2) is 0 Å². The summed E-state index contributed by atoms with van der Waals surface area (Å²) < 4.78 is 1.66. The van der Waals surface area contributed by atoms with Gasteiger partial charge in [-0.15, -0.1) is 0 Å². The van der Waals surface area contributed by atoms with Crippen LogP contribution in [0.2, 0.25) is 0 Å². The first-order valence-electron chi connectivity index (χ1n) is 8.27. The monoisotopic (exact) mass is 434 g/mol. The second kappa shape index (κ2) is 6.36. The molecule has 1 aromatic rings. The van der Waals surface area contributed by atoms with Gasteiger partial charge >= 0.3 is 150 Å². The van der Waals surface area contributed by atoms with Gasteiger partial charge in [-0.05, 0) is 0 Å². The van der Waals surface area contributed by atoms with Crippen LogP contribution < -0.4 is 20.7 Å². The first-order chi connectivity index (χ1) is 9.63. The quantitative estimate of drug-likeness (QED) is 0.490. The van der Waals surface area contributed by atoms with Crippen LogP contribution in [-0.4, -0.2) is 15.5 Å². The van der Waals surface area contributed by atoms with Crippen LogP contribution in [0.15, 0.2) is 18.2 Å². The van der Waals surface area contributed by atoms with E-state index >= 15 is 0 Å². The summed E-state index contributed by atoms with van der Waals surface area (Å²) in [5.74, 6) is 0. The summed E-state index contributed by atoms with van der Waals surface area (Å²) in [4.78, 5) is -1.20. The van der Waals surface area contributed by atoms with Crippen molar-refractivity contribution in [1.29, 1.82) is 0 Å². The van der Waals surface area contributed by atoms with Crippen LogP contribution >= 0.6 is 4.90 Å². The molecule has 0 atom stereocenters. The Kier molecular flexibility index (Phi) is 5.90. The molecule has 22 heavy (non-hydrogen) atoms. The summed E-state index contributed by atoms with van der Waals surface area (Å²) in [5.41, 5.74) is 2.89. The molecule has 0 nitrogen and oxygen atoms in total. The molecule has 0 saturated heterocycles. The summed E-state index contributed by atoms with van der Waals surface area (Å²) in [6.07, 6.45) is 0. The maximum absolute atomic E-state index is 2.50. The first-order valence-corrected chi connectivity index (χ1v) is 13.9. The van der Waals surface area contributed by atoms with Crippen LogP contribution in [0.3, 0.4) is 0 Å². The van der Waals surface area contributed by atoms with E-state index in [0.29, 0.717) is 15.5 Å². The van der Waals surface area contributed by atoms with Gasteiger partial charge in [0.2, 0.25) is 0 Å². The molecular weight excluding hydrogens is 398 g/mol. The first kappa shape index (κ1) is 20.4. The van der Waals surface area contributed by atoms with Gasteiger partial charge < -0.3 is 0 Å². The molecule has 0 fully saturated rings. The number of rotatable bonds is 2. The molecule has 0 aliphatic heterocycles. The summed E-state index contributed by atoms with van der Waals surface area (Å²) >= 11 is -0.0186. The Labute approximate surface area is 149 Å². The topological polar surface area (TPSA) is 0 Å². The number of halogens is 1. The second-order valence-electron chi connectivity index (χ2n) is 9.44. The van der Waals surface area contributed by atoms with Gasteiger partial charge in [-0.2, -0.15) is 0 Å². The molecule has 0 aliphatic carbocycles. The molecule has 1 rings (SSSR count). The van der Waals surface area contributed by atoms with Crippen molar-refractivity contribution in [2.24, 2.45) is 0 Å². The molecule has 2 heteroatoms. The van der Waals surface area contributed by atoms with E-state index in [-0.39, 0.29) is 20.7 Å². The summed E-state index contributed by atoms with van der Waals surface area (Å²) in [6, 6.07) is 7.11. The number of hydrogen-bond acceptors (Lipinski definition) is 0. The van der Waals surface area contributed by atoms with E-state index in [4.69, 9.17) is 0 Å². The molecule has 0 aliphatic rings. The predicted octanol–water partition coefficient (Wildman–Crippen LogP) is 3.89. The van der Waals surface area contributed by atoms with Gasteiger partial charge in [0.1, 0.15) is 0 Å². The summed E-state index contributed by atoms with van der Waals surface area (Å²) in [5, 5.41) is 1.15. The van der Waals surface area contributed by atoms with Crippen molar-refractivity contribution in [2.45, 2.75) is 91.6 Å². The zero-order valence-electron chi connectivity index (χ0n) is 16.6. The zero-order chi connectivity index (χ0) is 17.6. The van der Waals surface area contributed by atoms with E-state index < -0.39 is 4.90 Å². The minimum absolute atomic E-state index is 0.0186. The van der Waals surface area contributed by atoms with E-state index in [9.17, 15) is 0 Å². The van der Waals surface area contributed by atoms with Crippen LogP contribution in [0, 0.1) is 17.4 Å². The van der Waals surface area contributed by atoms with E-state index in [1.54, 1.807) is 3.57 Å². The molecule has 0 amide bonds. The zero-order valence-corrected chi connectivity index (χ0v) is 19.6. The fraction of sp³-hybridized carbons (Fsp3) is 0.700. The van der Waals surface area contributed by atoms with Crippen molar-refractivity contribution in [1.82, 2.24) is 0 Å². The van der Waals surface area contributed by atoms with Crippen molar-refractivity contribution < 1.29 is 20.7 Å². The molecule has 0 aromatic heterocycles. The molecule has 128 valence electrons. The number of hydrogen-bond donors (Lipinski definition) is 0. The van der Waals surface area contributed by atoms with Crippen molar-refractivity contribution in [3.63, 3.8) is 0 Å². The Hall–Kier alpha value is 0.380. The van der Waals surface area contributed by atoms with Crippen LogP contribution in [0.1, 0.15) is 73.4 Å². The molecule has 0 radical (unpaired) electrons. The van der Waals surface area contributed by atoms with Gasteiger partial charge in [0.25, 0.3) is 0 Å². The van der Waals surface area contributed by atoms with E-state index in [1.165, 1.54) is 11.1 Å². The van der Waals surface area contributed by atoms with Gasteiger partial charge in [0.15, 0.2) is 0 Å². The van der Waals surface area contributed by atoms with Gasteiger partial charge in [-0.3, -0.25) is 0 Å². The van der Waals surface area contributed by atoms with Gasteiger partial charge in [-0.1, -0.05) is 0 Å². The molecule has 0 N–H and O–H groups in total. The van der Waals surface area contributed by atoms with E-state index in [2.05, 4.69) is 94.4 Å². The van der Waals surface area contributed by atoms with Crippen molar-refractivity contribution in [3.05, 3.63) is 32.9 Å². The predicted molar refractivity (Wildman–Crippen MR) is 101 cm³/mol. The molecule has 0 heterocycles. The maximum atomic E-state index is 2.50. The number of benzene rings is 1. The Morgan fingerprint density at radius 1 is 0.727 bits per heavy atom. The van der Waals surface area contributed by atoms with Crippen LogP contribution in [-0.2, 0) is 0 Å². The minimum atomic E-state index is -1.20. The fourth-order valence-electron chi connectivity index (χ4n) is 4.43. The Bertz CT molecular complexity index is 488. The van der Waals surface area contributed by atoms with Crippen LogP contribution in [0.4, 0.5) is 0 Å². The average molecular weight is 434 g/mol. The van der Waals surface area contributed by atoms with Crippen molar-refractivity contribution in [2.75, 3.05) is 0 Å². The number of aryl methyl sites for hydroxylation is 2. The third kappa shape index (κ3) is 3.72. The average Bonchev–Trinajstić information content (AvgIpc) is 2.22. The van der Waals surface area contributed by atoms with E-state index in [1.807, 2.05) is 0 Å². The Morgan fingerprint density at radius 2 is 1.14 bits per heavy atom. The Balaban J connectivity index is 3.58. The van der Waals surface area contributed by atoms with Gasteiger partial charge in [0.05, 0.1) is 0 Å². The normalized spacial score (nSPS) is 14.5. The standard InChI is InChI=1S/C20H36IP/c1-15-12-13-17(16(2)14-15)21-22(18(3,4)5,19(6,7)8)20(9,10)11/h12-14H,1-11H3. The molecule has 0 bridgehead atoms. The molecule has 0 spiro atoms. The second-order valence-corrected chi connectivity index (χ2v) is 21.8. The fourth-order valence-corrected chi connectivity index (χ4v) is 22.5. The molecular formula is C20H36IP. The summed E-state index contributed by atoms with van der Waals surface area (Å²) in [6.45, 7) is 27.0. The third-order valence-corrected chi connectivity index (χ3v) is 28.3.